The summed E-state index contributed by atoms with van der Waals surface area (Å²) < 4.78 is 5.09. The van der Waals surface area contributed by atoms with Gasteiger partial charge in [-0.05, 0) is 61.2 Å². The van der Waals surface area contributed by atoms with Gasteiger partial charge < -0.3 is 10.1 Å². The van der Waals surface area contributed by atoms with Crippen LogP contribution in [0.25, 0.3) is 6.08 Å². The maximum Gasteiger partial charge on any atom is 0.330 e. The van der Waals surface area contributed by atoms with Crippen LogP contribution >= 0.6 is 0 Å². The molecule has 1 amide bonds. The van der Waals surface area contributed by atoms with Crippen molar-refractivity contribution in [3.8, 4) is 0 Å². The number of ether oxygens (including phenoxy) is 1. The van der Waals surface area contributed by atoms with Gasteiger partial charge in [0.05, 0.1) is 6.54 Å². The lowest BCUT2D eigenvalue weighted by atomic mass is 10.0. The maximum atomic E-state index is 11.8. The molecular formula is C20H22N2O3. The summed E-state index contributed by atoms with van der Waals surface area (Å²) >= 11 is 0. The van der Waals surface area contributed by atoms with Gasteiger partial charge in [-0.3, -0.25) is 9.78 Å². The molecule has 130 valence electrons. The van der Waals surface area contributed by atoms with E-state index in [0.717, 1.165) is 11.1 Å². The van der Waals surface area contributed by atoms with Crippen LogP contribution in [0.4, 0.5) is 0 Å². The molecule has 0 fully saturated rings. The van der Waals surface area contributed by atoms with Crippen molar-refractivity contribution in [2.75, 3.05) is 13.2 Å². The minimum Gasteiger partial charge on any atom is -0.461 e. The van der Waals surface area contributed by atoms with Crippen LogP contribution in [-0.4, -0.2) is 30.0 Å². The summed E-state index contributed by atoms with van der Waals surface area (Å²) in [5, 5.41) is 2.68. The maximum absolute atomic E-state index is 11.8. The summed E-state index contributed by atoms with van der Waals surface area (Å²) in [6.45, 7) is 6.47. The minimum absolute atomic E-state index is 0.117. The number of nitrogens with zero attached hydrogens (tertiary/aromatic N) is 1. The Balaban J connectivity index is 1.77. The number of benzene rings is 1. The van der Waals surface area contributed by atoms with Gasteiger partial charge >= 0.3 is 5.97 Å². The molecule has 0 unspecified atom stereocenters. The van der Waals surface area contributed by atoms with E-state index in [-0.39, 0.29) is 19.1 Å². The molecule has 5 nitrogen and oxygen atoms in total. The second-order valence-electron chi connectivity index (χ2n) is 5.79. The summed E-state index contributed by atoms with van der Waals surface area (Å²) in [5.74, 6) is -0.657. The topological polar surface area (TPSA) is 68.3 Å². The molecule has 0 radical (unpaired) electrons. The monoisotopic (exact) mass is 338 g/mol. The Kier molecular flexibility index (Phi) is 6.46. The van der Waals surface area contributed by atoms with E-state index in [2.05, 4.69) is 23.3 Å². The fraction of sp³-hybridized carbons (Fsp3) is 0.250. The number of carbonyl (C=O) groups excluding carboxylic acids is 2. The fourth-order valence-corrected chi connectivity index (χ4v) is 2.29. The van der Waals surface area contributed by atoms with Crippen LogP contribution < -0.4 is 5.32 Å². The van der Waals surface area contributed by atoms with Crippen molar-refractivity contribution in [1.82, 2.24) is 10.3 Å². The zero-order chi connectivity index (χ0) is 18.2. The molecule has 0 atom stereocenters. The highest BCUT2D eigenvalue weighted by Gasteiger charge is 2.05. The smallest absolute Gasteiger partial charge is 0.330 e. The number of carbonyl (C=O) groups is 2. The van der Waals surface area contributed by atoms with Crippen LogP contribution in [0.5, 0.6) is 0 Å². The quantitative estimate of drug-likeness (QED) is 0.499. The molecule has 0 bridgehead atoms. The van der Waals surface area contributed by atoms with E-state index < -0.39 is 5.97 Å². The van der Waals surface area contributed by atoms with Crippen LogP contribution in [0.3, 0.4) is 0 Å². The molecule has 0 aliphatic carbocycles. The molecule has 0 spiro atoms. The molecule has 1 aromatic heterocycles. The minimum atomic E-state index is -0.434. The summed E-state index contributed by atoms with van der Waals surface area (Å²) in [6, 6.07) is 7.38. The summed E-state index contributed by atoms with van der Waals surface area (Å²) in [4.78, 5) is 27.4. The molecule has 1 heterocycles. The summed E-state index contributed by atoms with van der Waals surface area (Å²) in [5.41, 5.74) is 5.02. The molecule has 5 heteroatoms. The molecule has 0 aliphatic rings. The molecule has 0 aliphatic heterocycles. The Bertz CT molecular complexity index is 783. The molecule has 0 saturated heterocycles. The van der Waals surface area contributed by atoms with E-state index >= 15 is 0 Å². The number of rotatable bonds is 6. The van der Waals surface area contributed by atoms with E-state index in [0.29, 0.717) is 5.56 Å². The van der Waals surface area contributed by atoms with Crippen molar-refractivity contribution in [3.63, 3.8) is 0 Å². The number of amides is 1. The van der Waals surface area contributed by atoms with Gasteiger partial charge in [-0.25, -0.2) is 4.79 Å². The zero-order valence-corrected chi connectivity index (χ0v) is 14.7. The summed E-state index contributed by atoms with van der Waals surface area (Å²) in [7, 11) is 0. The average molecular weight is 338 g/mol. The van der Waals surface area contributed by atoms with Gasteiger partial charge in [0.15, 0.2) is 0 Å². The number of esters is 1. The molecular weight excluding hydrogens is 316 g/mol. The van der Waals surface area contributed by atoms with Crippen LogP contribution in [0.15, 0.2) is 42.7 Å². The predicted molar refractivity (Wildman–Crippen MR) is 97.2 cm³/mol. The Morgan fingerprint density at radius 1 is 1.08 bits per heavy atom. The first-order chi connectivity index (χ1) is 12.0. The number of pyridine rings is 1. The van der Waals surface area contributed by atoms with Crippen molar-refractivity contribution in [1.29, 1.82) is 0 Å². The molecule has 1 N–H and O–H groups in total. The molecule has 2 aromatic rings. The highest BCUT2D eigenvalue weighted by Crippen LogP contribution is 2.16. The number of nitrogens with one attached hydrogen (secondary N) is 1. The van der Waals surface area contributed by atoms with Gasteiger partial charge in [0.1, 0.15) is 6.61 Å². The van der Waals surface area contributed by atoms with Crippen LogP contribution in [0.1, 0.15) is 32.6 Å². The van der Waals surface area contributed by atoms with Crippen molar-refractivity contribution < 1.29 is 14.3 Å². The van der Waals surface area contributed by atoms with Gasteiger partial charge in [0.25, 0.3) is 5.91 Å². The van der Waals surface area contributed by atoms with Gasteiger partial charge in [-0.15, -0.1) is 0 Å². The van der Waals surface area contributed by atoms with E-state index in [9.17, 15) is 9.59 Å². The first-order valence-electron chi connectivity index (χ1n) is 8.08. The van der Waals surface area contributed by atoms with Crippen LogP contribution in [0.2, 0.25) is 0 Å². The van der Waals surface area contributed by atoms with E-state index in [4.69, 9.17) is 4.74 Å². The highest BCUT2D eigenvalue weighted by atomic mass is 16.5. The lowest BCUT2D eigenvalue weighted by Crippen LogP contribution is -2.27. The normalized spacial score (nSPS) is 10.7. The lowest BCUT2D eigenvalue weighted by Gasteiger charge is -2.07. The Hall–Kier alpha value is -2.95. The Morgan fingerprint density at radius 2 is 1.76 bits per heavy atom. The third kappa shape index (κ3) is 5.57. The number of hydrogen-bond acceptors (Lipinski definition) is 4. The predicted octanol–water partition coefficient (Wildman–Crippen LogP) is 2.99. The van der Waals surface area contributed by atoms with Crippen molar-refractivity contribution in [2.24, 2.45) is 0 Å². The van der Waals surface area contributed by atoms with Gasteiger partial charge in [-0.1, -0.05) is 12.1 Å². The average Bonchev–Trinajstić information content (AvgIpc) is 2.61. The Labute approximate surface area is 147 Å². The van der Waals surface area contributed by atoms with Gasteiger partial charge in [0, 0.05) is 24.0 Å². The van der Waals surface area contributed by atoms with Crippen molar-refractivity contribution in [3.05, 3.63) is 70.6 Å². The van der Waals surface area contributed by atoms with E-state index in [1.54, 1.807) is 30.6 Å². The van der Waals surface area contributed by atoms with Crippen LogP contribution in [0, 0.1) is 20.8 Å². The van der Waals surface area contributed by atoms with E-state index in [1.807, 2.05) is 19.9 Å². The van der Waals surface area contributed by atoms with E-state index in [1.165, 1.54) is 17.2 Å². The van der Waals surface area contributed by atoms with Crippen LogP contribution in [-0.2, 0) is 9.53 Å². The second kappa shape index (κ2) is 8.78. The largest absolute Gasteiger partial charge is 0.461 e. The standard InChI is InChI=1S/C20H22N2O3/c1-14-12-16(3)18(13-15(14)2)4-5-19(23)25-11-10-22-20(24)17-6-8-21-9-7-17/h4-9,12-13H,10-11H2,1-3H3,(H,22,24). The first kappa shape index (κ1) is 18.4. The van der Waals surface area contributed by atoms with Crippen molar-refractivity contribution >= 4 is 18.0 Å². The van der Waals surface area contributed by atoms with Crippen molar-refractivity contribution in [2.45, 2.75) is 20.8 Å². The molecule has 2 rings (SSSR count). The first-order valence-corrected chi connectivity index (χ1v) is 8.08. The molecule has 25 heavy (non-hydrogen) atoms. The number of aromatic nitrogens is 1. The van der Waals surface area contributed by atoms with Gasteiger partial charge in [0.2, 0.25) is 0 Å². The SMILES string of the molecule is Cc1cc(C)c(C=CC(=O)OCCNC(=O)c2ccncc2)cc1C. The highest BCUT2D eigenvalue weighted by molar-refractivity contribution is 5.94. The molecule has 0 saturated carbocycles. The fourth-order valence-electron chi connectivity index (χ4n) is 2.29. The second-order valence-corrected chi connectivity index (χ2v) is 5.79. The third-order valence-electron chi connectivity index (χ3n) is 3.86. The third-order valence-corrected chi connectivity index (χ3v) is 3.86. The number of aryl methyl sites for hydroxylation is 3. The Morgan fingerprint density at radius 3 is 2.48 bits per heavy atom. The van der Waals surface area contributed by atoms with Gasteiger partial charge in [-0.2, -0.15) is 0 Å². The zero-order valence-electron chi connectivity index (χ0n) is 14.7. The summed E-state index contributed by atoms with van der Waals surface area (Å²) in [6.07, 6.45) is 6.25. The molecule has 1 aromatic carbocycles. The number of hydrogen-bond donors (Lipinski definition) is 1. The lowest BCUT2D eigenvalue weighted by molar-refractivity contribution is -0.137.